The average molecular weight is 284 g/mol. The van der Waals surface area contributed by atoms with Crippen LogP contribution in [0.1, 0.15) is 38.2 Å². The van der Waals surface area contributed by atoms with E-state index in [0.29, 0.717) is 6.04 Å². The lowest BCUT2D eigenvalue weighted by molar-refractivity contribution is 0.335. The Kier molecular flexibility index (Phi) is 5.28. The van der Waals surface area contributed by atoms with Gasteiger partial charge in [-0.3, -0.25) is 4.90 Å². The van der Waals surface area contributed by atoms with Crippen molar-refractivity contribution in [3.8, 4) is 0 Å². The van der Waals surface area contributed by atoms with Gasteiger partial charge in [0.25, 0.3) is 0 Å². The second-order valence-electron chi connectivity index (χ2n) is 5.82. The monoisotopic (exact) mass is 284 g/mol. The number of likely N-dealkylation sites (N-methyl/N-ethyl adjacent to an activating group) is 1. The van der Waals surface area contributed by atoms with Crippen LogP contribution in [0.4, 0.5) is 0 Å². The highest BCUT2D eigenvalue weighted by atomic mass is 15.3. The van der Waals surface area contributed by atoms with Crippen LogP contribution in [-0.2, 0) is 6.54 Å². The van der Waals surface area contributed by atoms with Crippen molar-refractivity contribution in [3.63, 3.8) is 0 Å². The summed E-state index contributed by atoms with van der Waals surface area (Å²) in [6, 6.07) is 10.8. The molecule has 2 rings (SSSR count). The minimum Gasteiger partial charge on any atom is -0.314 e. The summed E-state index contributed by atoms with van der Waals surface area (Å²) in [5, 5.41) is 8.24. The predicted octanol–water partition coefficient (Wildman–Crippen LogP) is 3.39. The van der Waals surface area contributed by atoms with Gasteiger partial charge in [-0.15, -0.1) is 10.2 Å². The molecule has 0 saturated heterocycles. The van der Waals surface area contributed by atoms with Gasteiger partial charge >= 0.3 is 0 Å². The first-order valence-corrected chi connectivity index (χ1v) is 7.35. The molecule has 0 atom stereocenters. The maximum absolute atomic E-state index is 4.22. The van der Waals surface area contributed by atoms with Crippen molar-refractivity contribution >= 4 is 6.08 Å². The molecule has 0 spiro atoms. The van der Waals surface area contributed by atoms with Gasteiger partial charge in [0.2, 0.25) is 0 Å². The molecule has 1 aromatic carbocycles. The molecule has 0 aliphatic heterocycles. The molecule has 2 aromatic rings. The lowest BCUT2D eigenvalue weighted by Crippen LogP contribution is -2.22. The maximum atomic E-state index is 4.22. The zero-order valence-corrected chi connectivity index (χ0v) is 13.3. The SMILES string of the molecule is CC(=Cc1ccccc1)CN(C)Cc1nncn1C(C)C. The second kappa shape index (κ2) is 7.18. The summed E-state index contributed by atoms with van der Waals surface area (Å²) in [6.45, 7) is 8.18. The fourth-order valence-electron chi connectivity index (χ4n) is 2.41. The van der Waals surface area contributed by atoms with Crippen LogP contribution >= 0.6 is 0 Å². The molecule has 1 aromatic heterocycles. The molecule has 1 heterocycles. The summed E-state index contributed by atoms with van der Waals surface area (Å²) in [5.74, 6) is 1.01. The van der Waals surface area contributed by atoms with E-state index in [1.54, 1.807) is 6.33 Å². The maximum Gasteiger partial charge on any atom is 0.147 e. The zero-order chi connectivity index (χ0) is 15.2. The number of benzene rings is 1. The molecule has 0 unspecified atom stereocenters. The molecule has 0 aliphatic carbocycles. The summed E-state index contributed by atoms with van der Waals surface area (Å²) in [7, 11) is 2.11. The summed E-state index contributed by atoms with van der Waals surface area (Å²) in [5.41, 5.74) is 2.58. The minimum absolute atomic E-state index is 0.393. The van der Waals surface area contributed by atoms with E-state index in [1.807, 2.05) is 6.07 Å². The lowest BCUT2D eigenvalue weighted by atomic mass is 10.1. The highest BCUT2D eigenvalue weighted by molar-refractivity contribution is 5.52. The smallest absolute Gasteiger partial charge is 0.147 e. The van der Waals surface area contributed by atoms with Gasteiger partial charge in [-0.25, -0.2) is 0 Å². The van der Waals surface area contributed by atoms with Crippen LogP contribution in [-0.4, -0.2) is 33.3 Å². The standard InChI is InChI=1S/C17H24N4/c1-14(2)21-13-18-19-17(21)12-20(4)11-15(3)10-16-8-6-5-7-9-16/h5-10,13-14H,11-12H2,1-4H3. The molecule has 0 fully saturated rings. The Balaban J connectivity index is 1.97. The van der Waals surface area contributed by atoms with Gasteiger partial charge < -0.3 is 4.57 Å². The van der Waals surface area contributed by atoms with E-state index >= 15 is 0 Å². The fourth-order valence-corrected chi connectivity index (χ4v) is 2.41. The van der Waals surface area contributed by atoms with Crippen LogP contribution in [0.3, 0.4) is 0 Å². The van der Waals surface area contributed by atoms with E-state index in [1.165, 1.54) is 11.1 Å². The Morgan fingerprint density at radius 1 is 1.29 bits per heavy atom. The summed E-state index contributed by atoms with van der Waals surface area (Å²) >= 11 is 0. The Morgan fingerprint density at radius 2 is 2.00 bits per heavy atom. The van der Waals surface area contributed by atoms with Gasteiger partial charge in [-0.1, -0.05) is 42.0 Å². The number of hydrogen-bond donors (Lipinski definition) is 0. The summed E-state index contributed by atoms with van der Waals surface area (Å²) in [4.78, 5) is 2.26. The predicted molar refractivity (Wildman–Crippen MR) is 86.8 cm³/mol. The van der Waals surface area contributed by atoms with Gasteiger partial charge in [0.1, 0.15) is 12.2 Å². The van der Waals surface area contributed by atoms with Crippen molar-refractivity contribution in [2.45, 2.75) is 33.4 Å². The van der Waals surface area contributed by atoms with Gasteiger partial charge in [0, 0.05) is 12.6 Å². The van der Waals surface area contributed by atoms with Gasteiger partial charge in [-0.2, -0.15) is 0 Å². The lowest BCUT2D eigenvalue weighted by Gasteiger charge is -2.18. The minimum atomic E-state index is 0.393. The molecular formula is C17H24N4. The van der Waals surface area contributed by atoms with Crippen molar-refractivity contribution in [1.82, 2.24) is 19.7 Å². The zero-order valence-electron chi connectivity index (χ0n) is 13.3. The molecule has 0 aliphatic rings. The van der Waals surface area contributed by atoms with Gasteiger partial charge in [0.05, 0.1) is 6.54 Å². The molecule has 0 amide bonds. The van der Waals surface area contributed by atoms with Crippen LogP contribution in [0.5, 0.6) is 0 Å². The molecule has 4 heteroatoms. The Labute approximate surface area is 127 Å². The molecule has 112 valence electrons. The van der Waals surface area contributed by atoms with E-state index in [4.69, 9.17) is 0 Å². The van der Waals surface area contributed by atoms with Crippen molar-refractivity contribution in [2.24, 2.45) is 0 Å². The first-order valence-electron chi connectivity index (χ1n) is 7.35. The Morgan fingerprint density at radius 3 is 2.67 bits per heavy atom. The summed E-state index contributed by atoms with van der Waals surface area (Å²) in [6.07, 6.45) is 4.03. The third kappa shape index (κ3) is 4.53. The Bertz CT molecular complexity index is 584. The molecule has 0 bridgehead atoms. The van der Waals surface area contributed by atoms with E-state index < -0.39 is 0 Å². The molecule has 0 radical (unpaired) electrons. The van der Waals surface area contributed by atoms with Gasteiger partial charge in [-0.05, 0) is 33.4 Å². The van der Waals surface area contributed by atoms with Crippen LogP contribution in [0.25, 0.3) is 6.08 Å². The van der Waals surface area contributed by atoms with Crippen molar-refractivity contribution in [1.29, 1.82) is 0 Å². The molecule has 21 heavy (non-hydrogen) atoms. The number of aromatic nitrogens is 3. The first kappa shape index (κ1) is 15.4. The largest absolute Gasteiger partial charge is 0.314 e. The van der Waals surface area contributed by atoms with Crippen LogP contribution in [0.15, 0.2) is 42.2 Å². The van der Waals surface area contributed by atoms with Crippen molar-refractivity contribution in [3.05, 3.63) is 53.6 Å². The molecule has 0 saturated carbocycles. The normalized spacial score (nSPS) is 12.4. The topological polar surface area (TPSA) is 34.0 Å². The molecular weight excluding hydrogens is 260 g/mol. The number of nitrogens with zero attached hydrogens (tertiary/aromatic N) is 4. The quantitative estimate of drug-likeness (QED) is 0.815. The van der Waals surface area contributed by atoms with Crippen molar-refractivity contribution < 1.29 is 0 Å². The third-order valence-electron chi connectivity index (χ3n) is 3.35. The van der Waals surface area contributed by atoms with Crippen LogP contribution < -0.4 is 0 Å². The van der Waals surface area contributed by atoms with Crippen molar-refractivity contribution in [2.75, 3.05) is 13.6 Å². The van der Waals surface area contributed by atoms with E-state index in [2.05, 4.69) is 77.8 Å². The van der Waals surface area contributed by atoms with Crippen LogP contribution in [0.2, 0.25) is 0 Å². The fraction of sp³-hybridized carbons (Fsp3) is 0.412. The van der Waals surface area contributed by atoms with E-state index in [-0.39, 0.29) is 0 Å². The average Bonchev–Trinajstić information content (AvgIpc) is 2.87. The van der Waals surface area contributed by atoms with Gasteiger partial charge in [0.15, 0.2) is 0 Å². The summed E-state index contributed by atoms with van der Waals surface area (Å²) < 4.78 is 2.12. The van der Waals surface area contributed by atoms with E-state index in [9.17, 15) is 0 Å². The highest BCUT2D eigenvalue weighted by Crippen LogP contribution is 2.11. The molecule has 0 N–H and O–H groups in total. The number of hydrogen-bond acceptors (Lipinski definition) is 3. The number of rotatable bonds is 6. The highest BCUT2D eigenvalue weighted by Gasteiger charge is 2.10. The Hall–Kier alpha value is -1.94. The first-order chi connectivity index (χ1) is 10.1. The molecule has 4 nitrogen and oxygen atoms in total. The van der Waals surface area contributed by atoms with E-state index in [0.717, 1.165) is 18.9 Å². The van der Waals surface area contributed by atoms with Crippen LogP contribution in [0, 0.1) is 0 Å². The third-order valence-corrected chi connectivity index (χ3v) is 3.35. The second-order valence-corrected chi connectivity index (χ2v) is 5.82.